The number of benzene rings is 1. The van der Waals surface area contributed by atoms with Crippen molar-refractivity contribution in [3.63, 3.8) is 0 Å². The molecule has 0 aromatic heterocycles. The highest BCUT2D eigenvalue weighted by atomic mass is 19.2. The summed E-state index contributed by atoms with van der Waals surface area (Å²) in [6.45, 7) is 4.72. The maximum Gasteiger partial charge on any atom is 0.285 e. The Labute approximate surface area is 120 Å². The summed E-state index contributed by atoms with van der Waals surface area (Å²) in [6, 6.07) is 1.22. The number of hydrogen-bond donors (Lipinski definition) is 1. The Hall–Kier alpha value is -2.09. The van der Waals surface area contributed by atoms with Gasteiger partial charge < -0.3 is 10.2 Å². The van der Waals surface area contributed by atoms with E-state index in [1.54, 1.807) is 0 Å². The van der Waals surface area contributed by atoms with Crippen molar-refractivity contribution in [3.8, 4) is 0 Å². The Morgan fingerprint density at radius 1 is 1.38 bits per heavy atom. The summed E-state index contributed by atoms with van der Waals surface area (Å²) >= 11 is 0. The van der Waals surface area contributed by atoms with Gasteiger partial charge in [-0.1, -0.05) is 0 Å². The van der Waals surface area contributed by atoms with Crippen LogP contribution in [-0.4, -0.2) is 41.9 Å². The number of carbonyl (C=O) groups is 1. The van der Waals surface area contributed by atoms with E-state index in [0.717, 1.165) is 0 Å². The molecule has 0 unspecified atom stereocenters. The summed E-state index contributed by atoms with van der Waals surface area (Å²) in [6.07, 6.45) is 0. The quantitative estimate of drug-likeness (QED) is 0.643. The molecule has 0 radical (unpaired) electrons. The second-order valence-corrected chi connectivity index (χ2v) is 4.87. The van der Waals surface area contributed by atoms with Gasteiger partial charge in [0.15, 0.2) is 11.6 Å². The van der Waals surface area contributed by atoms with Gasteiger partial charge in [-0.25, -0.2) is 8.78 Å². The number of nitrogens with one attached hydrogen (secondary N) is 1. The van der Waals surface area contributed by atoms with E-state index in [9.17, 15) is 23.7 Å². The second kappa shape index (κ2) is 7.07. The lowest BCUT2D eigenvalue weighted by Gasteiger charge is -2.20. The van der Waals surface area contributed by atoms with E-state index in [1.165, 1.54) is 0 Å². The van der Waals surface area contributed by atoms with E-state index >= 15 is 0 Å². The Morgan fingerprint density at radius 2 is 1.95 bits per heavy atom. The van der Waals surface area contributed by atoms with Gasteiger partial charge in [-0.05, 0) is 27.0 Å². The largest absolute Gasteiger partial charge is 0.351 e. The van der Waals surface area contributed by atoms with Gasteiger partial charge >= 0.3 is 0 Å². The van der Waals surface area contributed by atoms with Gasteiger partial charge in [0.1, 0.15) is 5.56 Å². The van der Waals surface area contributed by atoms with Crippen LogP contribution in [0.2, 0.25) is 0 Å². The third-order valence-corrected chi connectivity index (χ3v) is 3.11. The van der Waals surface area contributed by atoms with Crippen LogP contribution in [0.5, 0.6) is 0 Å². The number of amides is 1. The molecular formula is C13H17F2N3O3. The number of halogens is 2. The third kappa shape index (κ3) is 4.45. The smallest absolute Gasteiger partial charge is 0.285 e. The number of likely N-dealkylation sites (N-methyl/N-ethyl adjacent to an activating group) is 1. The topological polar surface area (TPSA) is 75.5 Å². The van der Waals surface area contributed by atoms with Crippen molar-refractivity contribution in [2.45, 2.75) is 19.9 Å². The van der Waals surface area contributed by atoms with Crippen molar-refractivity contribution in [3.05, 3.63) is 39.4 Å². The van der Waals surface area contributed by atoms with Crippen molar-refractivity contribution >= 4 is 11.6 Å². The molecule has 21 heavy (non-hydrogen) atoms. The van der Waals surface area contributed by atoms with Crippen LogP contribution in [0.25, 0.3) is 0 Å². The van der Waals surface area contributed by atoms with Gasteiger partial charge in [0.2, 0.25) is 0 Å². The first-order chi connectivity index (χ1) is 9.73. The molecule has 1 aromatic carbocycles. The van der Waals surface area contributed by atoms with E-state index in [0.29, 0.717) is 18.7 Å². The zero-order chi connectivity index (χ0) is 16.2. The SMILES string of the molecule is CC(C)N(C)CCNC(=O)c1cc(F)c(F)cc1[N+](=O)[O-]. The lowest BCUT2D eigenvalue weighted by atomic mass is 10.1. The lowest BCUT2D eigenvalue weighted by Crippen LogP contribution is -2.36. The molecule has 0 aliphatic rings. The summed E-state index contributed by atoms with van der Waals surface area (Å²) in [5, 5.41) is 13.2. The predicted octanol–water partition coefficient (Wildman–Crippen LogP) is 1.94. The van der Waals surface area contributed by atoms with Crippen LogP contribution in [-0.2, 0) is 0 Å². The van der Waals surface area contributed by atoms with Crippen LogP contribution < -0.4 is 5.32 Å². The van der Waals surface area contributed by atoms with Gasteiger partial charge in [0.25, 0.3) is 11.6 Å². The minimum absolute atomic E-state index is 0.240. The minimum Gasteiger partial charge on any atom is -0.351 e. The minimum atomic E-state index is -1.36. The summed E-state index contributed by atoms with van der Waals surface area (Å²) in [5.74, 6) is -3.47. The molecule has 0 atom stereocenters. The summed E-state index contributed by atoms with van der Waals surface area (Å²) in [7, 11) is 1.86. The van der Waals surface area contributed by atoms with E-state index in [4.69, 9.17) is 0 Å². The predicted molar refractivity (Wildman–Crippen MR) is 73.1 cm³/mol. The number of nitrogens with zero attached hydrogens (tertiary/aromatic N) is 2. The highest BCUT2D eigenvalue weighted by Crippen LogP contribution is 2.22. The monoisotopic (exact) mass is 301 g/mol. The average molecular weight is 301 g/mol. The first kappa shape index (κ1) is 17.0. The number of nitro benzene ring substituents is 1. The number of hydrogen-bond acceptors (Lipinski definition) is 4. The molecular weight excluding hydrogens is 284 g/mol. The Bertz CT molecular complexity index is 550. The van der Waals surface area contributed by atoms with Gasteiger partial charge in [-0.2, -0.15) is 0 Å². The number of nitro groups is 1. The zero-order valence-corrected chi connectivity index (χ0v) is 12.0. The van der Waals surface area contributed by atoms with Crippen molar-refractivity contribution in [1.29, 1.82) is 0 Å². The third-order valence-electron chi connectivity index (χ3n) is 3.11. The molecule has 116 valence electrons. The Kier molecular flexibility index (Phi) is 5.71. The summed E-state index contributed by atoms with van der Waals surface area (Å²) < 4.78 is 26.2. The zero-order valence-electron chi connectivity index (χ0n) is 12.0. The fraction of sp³-hybridized carbons (Fsp3) is 0.462. The molecule has 1 rings (SSSR count). The standard InChI is InChI=1S/C13H17F2N3O3/c1-8(2)17(3)5-4-16-13(19)9-6-10(14)11(15)7-12(9)18(20)21/h6-8H,4-5H2,1-3H3,(H,16,19). The molecule has 0 heterocycles. The number of rotatable bonds is 6. The van der Waals surface area contributed by atoms with E-state index < -0.39 is 33.7 Å². The molecule has 1 N–H and O–H groups in total. The first-order valence-electron chi connectivity index (χ1n) is 6.36. The molecule has 0 fully saturated rings. The molecule has 1 aromatic rings. The van der Waals surface area contributed by atoms with Crippen molar-refractivity contribution in [1.82, 2.24) is 10.2 Å². The van der Waals surface area contributed by atoms with Gasteiger partial charge in [0.05, 0.1) is 11.0 Å². The van der Waals surface area contributed by atoms with Crippen LogP contribution in [0, 0.1) is 21.7 Å². The van der Waals surface area contributed by atoms with Crippen LogP contribution >= 0.6 is 0 Å². The highest BCUT2D eigenvalue weighted by Gasteiger charge is 2.23. The van der Waals surface area contributed by atoms with Crippen LogP contribution in [0.1, 0.15) is 24.2 Å². The fourth-order valence-electron chi connectivity index (χ4n) is 1.57. The highest BCUT2D eigenvalue weighted by molar-refractivity contribution is 5.98. The van der Waals surface area contributed by atoms with Crippen LogP contribution in [0.4, 0.5) is 14.5 Å². The molecule has 1 amide bonds. The summed E-state index contributed by atoms with van der Waals surface area (Å²) in [4.78, 5) is 23.7. The van der Waals surface area contributed by atoms with Gasteiger partial charge in [-0.3, -0.25) is 14.9 Å². The maximum absolute atomic E-state index is 13.2. The molecule has 0 bridgehead atoms. The fourth-order valence-corrected chi connectivity index (χ4v) is 1.57. The second-order valence-electron chi connectivity index (χ2n) is 4.87. The van der Waals surface area contributed by atoms with Crippen LogP contribution in [0.15, 0.2) is 12.1 Å². The lowest BCUT2D eigenvalue weighted by molar-refractivity contribution is -0.385. The van der Waals surface area contributed by atoms with E-state index in [1.807, 2.05) is 25.8 Å². The van der Waals surface area contributed by atoms with Crippen molar-refractivity contribution in [2.24, 2.45) is 0 Å². The van der Waals surface area contributed by atoms with E-state index in [2.05, 4.69) is 5.32 Å². The average Bonchev–Trinajstić information content (AvgIpc) is 2.40. The molecule has 0 saturated heterocycles. The van der Waals surface area contributed by atoms with Crippen molar-refractivity contribution < 1.29 is 18.5 Å². The van der Waals surface area contributed by atoms with Gasteiger partial charge in [-0.15, -0.1) is 0 Å². The molecule has 8 heteroatoms. The molecule has 0 aliphatic heterocycles. The maximum atomic E-state index is 13.2. The number of carbonyl (C=O) groups excluding carboxylic acids is 1. The Balaban J connectivity index is 2.83. The summed E-state index contributed by atoms with van der Waals surface area (Å²) in [5.41, 5.74) is -1.25. The molecule has 6 nitrogen and oxygen atoms in total. The molecule has 0 saturated carbocycles. The molecule has 0 spiro atoms. The molecule has 0 aliphatic carbocycles. The van der Waals surface area contributed by atoms with Crippen molar-refractivity contribution in [2.75, 3.05) is 20.1 Å². The van der Waals surface area contributed by atoms with Gasteiger partial charge in [0, 0.05) is 19.1 Å². The first-order valence-corrected chi connectivity index (χ1v) is 6.36. The Morgan fingerprint density at radius 3 is 2.48 bits per heavy atom. The normalized spacial score (nSPS) is 11.0. The van der Waals surface area contributed by atoms with Crippen LogP contribution in [0.3, 0.4) is 0 Å². The van der Waals surface area contributed by atoms with E-state index in [-0.39, 0.29) is 12.6 Å².